The maximum Gasteiger partial charge on any atom is 0.261 e. The first-order chi connectivity index (χ1) is 16.5. The number of amides is 1. The Hall–Kier alpha value is -3.12. The van der Waals surface area contributed by atoms with Gasteiger partial charge in [-0.05, 0) is 67.6 Å². The molecule has 0 aliphatic carbocycles. The van der Waals surface area contributed by atoms with Crippen LogP contribution in [0.3, 0.4) is 0 Å². The van der Waals surface area contributed by atoms with E-state index in [0.29, 0.717) is 16.5 Å². The van der Waals surface area contributed by atoms with Gasteiger partial charge in [-0.3, -0.25) is 9.52 Å². The number of rotatable bonds is 11. The van der Waals surface area contributed by atoms with E-state index in [1.54, 1.807) is 36.4 Å². The maximum absolute atomic E-state index is 12.5. The smallest absolute Gasteiger partial charge is 0.261 e. The van der Waals surface area contributed by atoms with Crippen molar-refractivity contribution in [3.63, 3.8) is 0 Å². The van der Waals surface area contributed by atoms with Crippen LogP contribution in [0.5, 0.6) is 5.75 Å². The van der Waals surface area contributed by atoms with E-state index in [9.17, 15) is 21.6 Å². The first-order valence-corrected chi connectivity index (χ1v) is 13.7. The molecule has 0 unspecified atom stereocenters. The first-order valence-electron chi connectivity index (χ1n) is 10.4. The molecule has 186 valence electrons. The van der Waals surface area contributed by atoms with Gasteiger partial charge >= 0.3 is 0 Å². The third kappa shape index (κ3) is 7.96. The van der Waals surface area contributed by atoms with Crippen molar-refractivity contribution < 1.29 is 26.4 Å². The number of anilines is 1. The molecule has 0 saturated heterocycles. The molecule has 12 heteroatoms. The first kappa shape index (κ1) is 26.5. The number of aryl methyl sites for hydroxylation is 1. The van der Waals surface area contributed by atoms with Gasteiger partial charge in [0.25, 0.3) is 15.9 Å². The Kier molecular flexibility index (Phi) is 8.73. The highest BCUT2D eigenvalue weighted by Gasteiger charge is 2.15. The molecule has 35 heavy (non-hydrogen) atoms. The SMILES string of the molecule is Cc1ccc(S(=O)(=O)NCCNC(=O)COc2ccc(S(=O)(=O)Nc3ccc(Cl)cc3)cc2)cc1. The van der Waals surface area contributed by atoms with Crippen LogP contribution >= 0.6 is 11.6 Å². The number of nitrogens with one attached hydrogen (secondary N) is 3. The summed E-state index contributed by atoms with van der Waals surface area (Å²) in [5.41, 5.74) is 1.31. The van der Waals surface area contributed by atoms with Gasteiger partial charge in [0.1, 0.15) is 5.75 Å². The average Bonchev–Trinajstić information content (AvgIpc) is 2.82. The summed E-state index contributed by atoms with van der Waals surface area (Å²) in [5, 5.41) is 3.03. The van der Waals surface area contributed by atoms with E-state index >= 15 is 0 Å². The quantitative estimate of drug-likeness (QED) is 0.322. The molecule has 0 aliphatic heterocycles. The minimum atomic E-state index is -3.81. The van der Waals surface area contributed by atoms with Gasteiger partial charge in [-0.15, -0.1) is 0 Å². The lowest BCUT2D eigenvalue weighted by Crippen LogP contribution is -2.36. The van der Waals surface area contributed by atoms with Gasteiger partial charge in [0.05, 0.1) is 9.79 Å². The number of ether oxygens (including phenoxy) is 1. The Bertz CT molecular complexity index is 1360. The lowest BCUT2D eigenvalue weighted by molar-refractivity contribution is -0.123. The van der Waals surface area contributed by atoms with Crippen LogP contribution in [0.25, 0.3) is 0 Å². The number of halogens is 1. The van der Waals surface area contributed by atoms with E-state index in [-0.39, 0.29) is 29.5 Å². The fraction of sp³-hybridized carbons (Fsp3) is 0.174. The predicted molar refractivity (Wildman–Crippen MR) is 134 cm³/mol. The van der Waals surface area contributed by atoms with Gasteiger partial charge in [0.2, 0.25) is 10.0 Å². The van der Waals surface area contributed by atoms with Crippen molar-refractivity contribution in [3.05, 3.63) is 83.4 Å². The molecule has 3 aromatic rings. The zero-order valence-corrected chi connectivity index (χ0v) is 21.1. The lowest BCUT2D eigenvalue weighted by Gasteiger charge is -2.10. The summed E-state index contributed by atoms with van der Waals surface area (Å²) >= 11 is 5.80. The van der Waals surface area contributed by atoms with Crippen molar-refractivity contribution in [2.75, 3.05) is 24.4 Å². The molecule has 0 bridgehead atoms. The molecule has 9 nitrogen and oxygen atoms in total. The van der Waals surface area contributed by atoms with Crippen molar-refractivity contribution in [2.24, 2.45) is 0 Å². The van der Waals surface area contributed by atoms with Crippen LogP contribution < -0.4 is 19.5 Å². The van der Waals surface area contributed by atoms with Gasteiger partial charge < -0.3 is 10.1 Å². The molecule has 1 amide bonds. The molecule has 0 spiro atoms. The minimum absolute atomic E-state index is 0.00905. The number of hydrogen-bond donors (Lipinski definition) is 3. The Balaban J connectivity index is 1.43. The van der Waals surface area contributed by atoms with Crippen molar-refractivity contribution in [1.82, 2.24) is 10.0 Å². The Morgan fingerprint density at radius 2 is 1.37 bits per heavy atom. The number of hydrogen-bond acceptors (Lipinski definition) is 6. The van der Waals surface area contributed by atoms with E-state index in [1.807, 2.05) is 6.92 Å². The average molecular weight is 538 g/mol. The maximum atomic E-state index is 12.5. The molecule has 0 fully saturated rings. The number of benzene rings is 3. The number of carbonyl (C=O) groups is 1. The summed E-state index contributed by atoms with van der Waals surface area (Å²) in [7, 11) is -7.47. The van der Waals surface area contributed by atoms with E-state index in [0.717, 1.165) is 5.56 Å². The summed E-state index contributed by atoms with van der Waals surface area (Å²) in [6.45, 7) is 1.62. The molecule has 0 radical (unpaired) electrons. The Labute approximate surface area is 209 Å². The molecule has 3 N–H and O–H groups in total. The molecular formula is C23H24ClN3O6S2. The highest BCUT2D eigenvalue weighted by molar-refractivity contribution is 7.92. The van der Waals surface area contributed by atoms with Crippen molar-refractivity contribution in [2.45, 2.75) is 16.7 Å². The van der Waals surface area contributed by atoms with Crippen LogP contribution in [0.2, 0.25) is 5.02 Å². The van der Waals surface area contributed by atoms with Crippen LogP contribution in [0.1, 0.15) is 5.56 Å². The van der Waals surface area contributed by atoms with Crippen molar-refractivity contribution in [3.8, 4) is 5.75 Å². The van der Waals surface area contributed by atoms with Crippen LogP contribution in [0.15, 0.2) is 82.6 Å². The number of sulfonamides is 2. The monoisotopic (exact) mass is 537 g/mol. The van der Waals surface area contributed by atoms with E-state index < -0.39 is 26.0 Å². The summed E-state index contributed by atoms with van der Waals surface area (Å²) in [6, 6.07) is 18.2. The normalized spacial score (nSPS) is 11.6. The van der Waals surface area contributed by atoms with Crippen LogP contribution in [-0.2, 0) is 24.8 Å². The van der Waals surface area contributed by atoms with Gasteiger partial charge in [-0.25, -0.2) is 21.6 Å². The standard InChI is InChI=1S/C23H24ClN3O6S2/c1-17-2-10-21(11-3-17)34(29,30)26-15-14-25-23(28)16-33-20-8-12-22(13-9-20)35(31,32)27-19-6-4-18(24)5-7-19/h2-13,26-27H,14-16H2,1H3,(H,25,28). The molecule has 3 rings (SSSR count). The van der Waals surface area contributed by atoms with E-state index in [2.05, 4.69) is 14.8 Å². The van der Waals surface area contributed by atoms with Gasteiger partial charge in [0, 0.05) is 23.8 Å². The number of carbonyl (C=O) groups excluding carboxylic acids is 1. The third-order valence-electron chi connectivity index (χ3n) is 4.67. The summed E-state index contributed by atoms with van der Waals surface area (Å²) < 4.78 is 59.6. The predicted octanol–water partition coefficient (Wildman–Crippen LogP) is 2.92. The van der Waals surface area contributed by atoms with Crippen LogP contribution in [0, 0.1) is 6.92 Å². The molecule has 0 aromatic heterocycles. The highest BCUT2D eigenvalue weighted by atomic mass is 35.5. The summed E-state index contributed by atoms with van der Waals surface area (Å²) in [4.78, 5) is 12.1. The zero-order valence-electron chi connectivity index (χ0n) is 18.7. The second-order valence-electron chi connectivity index (χ2n) is 7.43. The third-order valence-corrected chi connectivity index (χ3v) is 7.80. The summed E-state index contributed by atoms with van der Waals surface area (Å²) in [5.74, 6) is -0.161. The molecule has 0 saturated carbocycles. The van der Waals surface area contributed by atoms with E-state index in [4.69, 9.17) is 16.3 Å². The van der Waals surface area contributed by atoms with Crippen LogP contribution in [0.4, 0.5) is 5.69 Å². The second-order valence-corrected chi connectivity index (χ2v) is 11.3. The zero-order chi connectivity index (χ0) is 25.5. The van der Waals surface area contributed by atoms with Crippen molar-refractivity contribution in [1.29, 1.82) is 0 Å². The molecular weight excluding hydrogens is 514 g/mol. The largest absolute Gasteiger partial charge is 0.484 e. The second kappa shape index (κ2) is 11.5. The lowest BCUT2D eigenvalue weighted by atomic mass is 10.2. The fourth-order valence-electron chi connectivity index (χ4n) is 2.84. The van der Waals surface area contributed by atoms with Gasteiger partial charge in [-0.2, -0.15) is 0 Å². The topological polar surface area (TPSA) is 131 Å². The molecule has 0 atom stereocenters. The fourth-order valence-corrected chi connectivity index (χ4v) is 5.05. The minimum Gasteiger partial charge on any atom is -0.484 e. The highest BCUT2D eigenvalue weighted by Crippen LogP contribution is 2.20. The van der Waals surface area contributed by atoms with E-state index in [1.165, 1.54) is 36.4 Å². The Morgan fingerprint density at radius 3 is 2.00 bits per heavy atom. The van der Waals surface area contributed by atoms with Gasteiger partial charge in [0.15, 0.2) is 6.61 Å². The Morgan fingerprint density at radius 1 is 0.800 bits per heavy atom. The molecule has 0 aliphatic rings. The molecule has 3 aromatic carbocycles. The van der Waals surface area contributed by atoms with Crippen LogP contribution in [-0.4, -0.2) is 42.4 Å². The summed E-state index contributed by atoms with van der Waals surface area (Å²) in [6.07, 6.45) is 0. The van der Waals surface area contributed by atoms with Gasteiger partial charge in [-0.1, -0.05) is 29.3 Å². The van der Waals surface area contributed by atoms with Crippen molar-refractivity contribution >= 4 is 43.2 Å². The molecule has 0 heterocycles.